The standard InChI is InChI=1S/C9H10F3N3O2.ClH/c1-8(13,14)5-2-6(9(10,11)12)4-7(3-5)15(16)17;/h2-4H,13-14H2,1H3;1H. The van der Waals surface area contributed by atoms with Gasteiger partial charge in [0.15, 0.2) is 0 Å². The van der Waals surface area contributed by atoms with Gasteiger partial charge < -0.3 is 11.5 Å². The van der Waals surface area contributed by atoms with Gasteiger partial charge in [0.25, 0.3) is 5.69 Å². The fourth-order valence-electron chi connectivity index (χ4n) is 1.19. The molecule has 1 aromatic rings. The summed E-state index contributed by atoms with van der Waals surface area (Å²) >= 11 is 0. The van der Waals surface area contributed by atoms with Crippen LogP contribution in [0.2, 0.25) is 0 Å². The molecule has 0 aliphatic carbocycles. The molecule has 4 N–H and O–H groups in total. The fraction of sp³-hybridized carbons (Fsp3) is 0.333. The van der Waals surface area contributed by atoms with Crippen molar-refractivity contribution in [2.75, 3.05) is 0 Å². The van der Waals surface area contributed by atoms with E-state index in [1.165, 1.54) is 6.92 Å². The highest BCUT2D eigenvalue weighted by atomic mass is 35.5. The molecule has 0 unspecified atom stereocenters. The molecule has 5 nitrogen and oxygen atoms in total. The Morgan fingerprint density at radius 1 is 1.17 bits per heavy atom. The number of nitrogens with two attached hydrogens (primary N) is 2. The van der Waals surface area contributed by atoms with Crippen molar-refractivity contribution in [1.29, 1.82) is 0 Å². The van der Waals surface area contributed by atoms with E-state index in [4.69, 9.17) is 11.5 Å². The molecule has 0 aliphatic heterocycles. The first-order chi connectivity index (χ1) is 7.51. The molecule has 0 radical (unpaired) electrons. The number of alkyl halides is 3. The highest BCUT2D eigenvalue weighted by Crippen LogP contribution is 2.33. The van der Waals surface area contributed by atoms with E-state index < -0.39 is 28.0 Å². The van der Waals surface area contributed by atoms with Crippen LogP contribution >= 0.6 is 12.4 Å². The van der Waals surface area contributed by atoms with Gasteiger partial charge >= 0.3 is 6.18 Å². The second kappa shape index (κ2) is 5.09. The predicted octanol–water partition coefficient (Wildman–Crippen LogP) is 2.13. The van der Waals surface area contributed by atoms with Crippen molar-refractivity contribution in [3.63, 3.8) is 0 Å². The van der Waals surface area contributed by atoms with Gasteiger partial charge in [-0.1, -0.05) is 0 Å². The lowest BCUT2D eigenvalue weighted by molar-refractivity contribution is -0.385. The monoisotopic (exact) mass is 285 g/mol. The largest absolute Gasteiger partial charge is 0.416 e. The molecular formula is C9H11ClF3N3O2. The molecular weight excluding hydrogens is 275 g/mol. The van der Waals surface area contributed by atoms with E-state index in [-0.39, 0.29) is 18.0 Å². The van der Waals surface area contributed by atoms with Gasteiger partial charge in [0.1, 0.15) is 0 Å². The van der Waals surface area contributed by atoms with Crippen molar-refractivity contribution in [1.82, 2.24) is 0 Å². The Morgan fingerprint density at radius 2 is 1.61 bits per heavy atom. The van der Waals surface area contributed by atoms with Crippen LogP contribution in [0.3, 0.4) is 0 Å². The van der Waals surface area contributed by atoms with Crippen LogP contribution < -0.4 is 11.5 Å². The third-order valence-electron chi connectivity index (χ3n) is 2.08. The van der Waals surface area contributed by atoms with Gasteiger partial charge in [-0.2, -0.15) is 13.2 Å². The molecule has 0 heterocycles. The lowest BCUT2D eigenvalue weighted by Crippen LogP contribution is -2.42. The lowest BCUT2D eigenvalue weighted by atomic mass is 9.99. The maximum absolute atomic E-state index is 12.5. The Labute approximate surface area is 107 Å². The number of nitro groups is 1. The van der Waals surface area contributed by atoms with Gasteiger partial charge in [0.2, 0.25) is 0 Å². The lowest BCUT2D eigenvalue weighted by Gasteiger charge is -2.20. The van der Waals surface area contributed by atoms with E-state index in [0.29, 0.717) is 12.1 Å². The molecule has 0 aromatic heterocycles. The van der Waals surface area contributed by atoms with Crippen molar-refractivity contribution in [3.05, 3.63) is 39.4 Å². The van der Waals surface area contributed by atoms with Crippen LogP contribution in [0.25, 0.3) is 0 Å². The molecule has 1 rings (SSSR count). The third-order valence-corrected chi connectivity index (χ3v) is 2.08. The van der Waals surface area contributed by atoms with Crippen LogP contribution in [0.15, 0.2) is 18.2 Å². The predicted molar refractivity (Wildman–Crippen MR) is 61.1 cm³/mol. The van der Waals surface area contributed by atoms with Crippen LogP contribution in [-0.4, -0.2) is 4.92 Å². The molecule has 0 aliphatic rings. The number of hydrogen-bond donors (Lipinski definition) is 2. The molecule has 0 bridgehead atoms. The van der Waals surface area contributed by atoms with Gasteiger partial charge in [0, 0.05) is 12.1 Å². The average molecular weight is 286 g/mol. The summed E-state index contributed by atoms with van der Waals surface area (Å²) in [7, 11) is 0. The first-order valence-electron chi connectivity index (χ1n) is 4.47. The minimum absolute atomic E-state index is 0. The van der Waals surface area contributed by atoms with E-state index in [2.05, 4.69) is 0 Å². The Morgan fingerprint density at radius 3 is 1.94 bits per heavy atom. The van der Waals surface area contributed by atoms with Gasteiger partial charge in [-0.3, -0.25) is 10.1 Å². The summed E-state index contributed by atoms with van der Waals surface area (Å²) in [5.74, 6) is 0. The van der Waals surface area contributed by atoms with E-state index in [9.17, 15) is 23.3 Å². The second-order valence-corrected chi connectivity index (χ2v) is 3.81. The number of benzene rings is 1. The van der Waals surface area contributed by atoms with Crippen molar-refractivity contribution < 1.29 is 18.1 Å². The van der Waals surface area contributed by atoms with Gasteiger partial charge in [-0.05, 0) is 18.6 Å². The zero-order valence-corrected chi connectivity index (χ0v) is 10.0. The van der Waals surface area contributed by atoms with Gasteiger partial charge in [0.05, 0.1) is 16.1 Å². The number of halogens is 4. The maximum atomic E-state index is 12.5. The summed E-state index contributed by atoms with van der Waals surface area (Å²) in [6.45, 7) is 1.26. The van der Waals surface area contributed by atoms with Crippen molar-refractivity contribution >= 4 is 18.1 Å². The summed E-state index contributed by atoms with van der Waals surface area (Å²) < 4.78 is 37.5. The highest BCUT2D eigenvalue weighted by Gasteiger charge is 2.34. The molecule has 0 saturated heterocycles. The molecule has 0 amide bonds. The van der Waals surface area contributed by atoms with Gasteiger partial charge in [-0.15, -0.1) is 12.4 Å². The molecule has 9 heteroatoms. The van der Waals surface area contributed by atoms with E-state index in [0.717, 1.165) is 6.07 Å². The number of nitrogens with zero attached hydrogens (tertiary/aromatic N) is 1. The number of non-ortho nitro benzene ring substituents is 1. The number of nitro benzene ring substituents is 1. The minimum atomic E-state index is -4.69. The maximum Gasteiger partial charge on any atom is 0.416 e. The Bertz CT molecular complexity index is 425. The molecule has 0 atom stereocenters. The third kappa shape index (κ3) is 3.83. The van der Waals surface area contributed by atoms with Crippen molar-refractivity contribution in [2.45, 2.75) is 18.8 Å². The molecule has 18 heavy (non-hydrogen) atoms. The van der Waals surface area contributed by atoms with Crippen molar-refractivity contribution in [2.24, 2.45) is 11.5 Å². The number of hydrogen-bond acceptors (Lipinski definition) is 4. The zero-order chi connectivity index (χ0) is 13.4. The Balaban J connectivity index is 0.00000289. The van der Waals surface area contributed by atoms with Gasteiger partial charge in [-0.25, -0.2) is 0 Å². The molecule has 0 fully saturated rings. The summed E-state index contributed by atoms with van der Waals surface area (Å²) in [5, 5.41) is 10.5. The summed E-state index contributed by atoms with van der Waals surface area (Å²) in [5.41, 5.74) is 7.27. The minimum Gasteiger partial charge on any atom is -0.310 e. The SMILES string of the molecule is CC(N)(N)c1cc([N+](=O)[O-])cc(C(F)(F)F)c1.Cl. The fourth-order valence-corrected chi connectivity index (χ4v) is 1.19. The van der Waals surface area contributed by atoms with E-state index >= 15 is 0 Å². The highest BCUT2D eigenvalue weighted by molar-refractivity contribution is 5.85. The Kier molecular flexibility index (Phi) is 4.70. The smallest absolute Gasteiger partial charge is 0.310 e. The summed E-state index contributed by atoms with van der Waals surface area (Å²) in [6.07, 6.45) is -4.69. The van der Waals surface area contributed by atoms with Crippen LogP contribution in [0.4, 0.5) is 18.9 Å². The molecule has 102 valence electrons. The van der Waals surface area contributed by atoms with Crippen LogP contribution in [0, 0.1) is 10.1 Å². The first-order valence-corrected chi connectivity index (χ1v) is 4.47. The van der Waals surface area contributed by atoms with Crippen LogP contribution in [0.1, 0.15) is 18.1 Å². The van der Waals surface area contributed by atoms with E-state index in [1.54, 1.807) is 0 Å². The molecule has 0 spiro atoms. The normalized spacial score (nSPS) is 11.9. The topological polar surface area (TPSA) is 95.2 Å². The quantitative estimate of drug-likeness (QED) is 0.494. The molecule has 1 aromatic carbocycles. The van der Waals surface area contributed by atoms with E-state index in [1.807, 2.05) is 0 Å². The van der Waals surface area contributed by atoms with Crippen LogP contribution in [-0.2, 0) is 11.8 Å². The average Bonchev–Trinajstić information content (AvgIpc) is 2.14. The molecule has 0 saturated carbocycles. The second-order valence-electron chi connectivity index (χ2n) is 3.81. The number of rotatable bonds is 2. The summed E-state index contributed by atoms with van der Waals surface area (Å²) in [4.78, 5) is 9.59. The Hall–Kier alpha value is -1.38. The van der Waals surface area contributed by atoms with Crippen molar-refractivity contribution in [3.8, 4) is 0 Å². The first kappa shape index (κ1) is 16.6. The summed E-state index contributed by atoms with van der Waals surface area (Å²) in [6, 6.07) is 2.07. The van der Waals surface area contributed by atoms with Crippen LogP contribution in [0.5, 0.6) is 0 Å². The zero-order valence-electron chi connectivity index (χ0n) is 9.19.